The quantitative estimate of drug-likeness (QED) is 0.0302. The highest BCUT2D eigenvalue weighted by atomic mass is 32.2. The van der Waals surface area contributed by atoms with Crippen LogP contribution in [0.3, 0.4) is 0 Å². The van der Waals surface area contributed by atoms with Gasteiger partial charge < -0.3 is 80.0 Å². The molecule has 73 heavy (non-hydrogen) atoms. The Labute approximate surface area is 428 Å². The SMILES string of the molecule is CC[C@H](C)[C@H](NC(=O)[C@H](CC(C)C)NC(=O)[C@H](CCC(N)=O)NC(=O)[C@H](CCSC)NC(=O)[C@H](CC(C)C)NC(=O)[C@H](CCC(N)=O)NC(=O)[C@H](CO)NC(=O)[C@H](Cc1cnc[nH]1)NC(=O)[C@@H](N)CO)C(=O)O. The summed E-state index contributed by atoms with van der Waals surface area (Å²) < 4.78 is 0. The number of aromatic amines is 1. The number of nitrogens with two attached hydrogens (primary N) is 3. The fourth-order valence-corrected chi connectivity index (χ4v) is 7.44. The third-order valence-corrected chi connectivity index (χ3v) is 11.9. The minimum atomic E-state index is -1.75. The van der Waals surface area contributed by atoms with Crippen LogP contribution in [0, 0.1) is 17.8 Å². The Morgan fingerprint density at radius 2 is 0.986 bits per heavy atom. The number of aromatic nitrogens is 2. The summed E-state index contributed by atoms with van der Waals surface area (Å²) in [5.74, 6) is -11.1. The van der Waals surface area contributed by atoms with Crippen molar-refractivity contribution in [2.45, 2.75) is 154 Å². The van der Waals surface area contributed by atoms with Gasteiger partial charge in [-0.3, -0.25) is 47.9 Å². The van der Waals surface area contributed by atoms with Crippen LogP contribution in [0.4, 0.5) is 0 Å². The average molecular weight is 1060 g/mol. The highest BCUT2D eigenvalue weighted by Gasteiger charge is 2.36. The molecule has 0 spiro atoms. The number of aliphatic hydroxyl groups excluding tert-OH is 2. The smallest absolute Gasteiger partial charge is 0.326 e. The molecule has 0 saturated carbocycles. The molecular weight excluding hydrogens is 979 g/mol. The number of H-pyrrole nitrogens is 1. The maximum Gasteiger partial charge on any atom is 0.326 e. The molecule has 0 unspecified atom stereocenters. The molecule has 10 amide bonds. The van der Waals surface area contributed by atoms with Gasteiger partial charge in [-0.15, -0.1) is 0 Å². The van der Waals surface area contributed by atoms with E-state index in [9.17, 15) is 68.1 Å². The van der Waals surface area contributed by atoms with Gasteiger partial charge in [0.25, 0.3) is 0 Å². The van der Waals surface area contributed by atoms with E-state index < -0.39 is 151 Å². The van der Waals surface area contributed by atoms with Crippen LogP contribution < -0.4 is 59.7 Å². The first-order chi connectivity index (χ1) is 34.3. The van der Waals surface area contributed by atoms with E-state index in [0.717, 1.165) is 0 Å². The summed E-state index contributed by atoms with van der Waals surface area (Å²) in [7, 11) is 0. The number of primary amides is 2. The zero-order valence-corrected chi connectivity index (χ0v) is 43.3. The van der Waals surface area contributed by atoms with Gasteiger partial charge in [-0.05, 0) is 61.9 Å². The Morgan fingerprint density at radius 3 is 1.37 bits per heavy atom. The second-order valence-corrected chi connectivity index (χ2v) is 19.4. The minimum absolute atomic E-state index is 0.0119. The number of carbonyl (C=O) groups is 11. The molecule has 1 aromatic heterocycles. The first-order valence-corrected chi connectivity index (χ1v) is 25.3. The average Bonchev–Trinajstić information content (AvgIpc) is 3.84. The van der Waals surface area contributed by atoms with Crippen molar-refractivity contribution in [2.24, 2.45) is 35.0 Å². The summed E-state index contributed by atoms with van der Waals surface area (Å²) >= 11 is 1.32. The fourth-order valence-electron chi connectivity index (χ4n) is 6.97. The summed E-state index contributed by atoms with van der Waals surface area (Å²) in [5.41, 5.74) is 16.7. The number of thioether (sulfide) groups is 1. The molecular formula is C45H77N13O14S. The third-order valence-electron chi connectivity index (χ3n) is 11.3. The van der Waals surface area contributed by atoms with E-state index in [-0.39, 0.29) is 50.4 Å². The van der Waals surface area contributed by atoms with Gasteiger partial charge in [0.15, 0.2) is 0 Å². The normalized spacial score (nSPS) is 15.3. The van der Waals surface area contributed by atoms with Crippen LogP contribution in [0.5, 0.6) is 0 Å². The van der Waals surface area contributed by atoms with E-state index >= 15 is 0 Å². The molecule has 18 N–H and O–H groups in total. The van der Waals surface area contributed by atoms with Gasteiger partial charge in [-0.2, -0.15) is 11.8 Å². The summed E-state index contributed by atoms with van der Waals surface area (Å²) in [5, 5.41) is 49.1. The zero-order chi connectivity index (χ0) is 55.5. The molecule has 0 bridgehead atoms. The number of aliphatic carboxylic acids is 1. The molecule has 0 aliphatic heterocycles. The first kappa shape index (κ1) is 64.6. The van der Waals surface area contributed by atoms with Crippen LogP contribution in [0.2, 0.25) is 0 Å². The lowest BCUT2D eigenvalue weighted by Crippen LogP contribution is -2.61. The molecule has 10 atom stereocenters. The topological polar surface area (TPSA) is 451 Å². The Kier molecular flexibility index (Phi) is 29.5. The minimum Gasteiger partial charge on any atom is -0.480 e. The number of nitrogens with one attached hydrogen (secondary N) is 9. The Morgan fingerprint density at radius 1 is 0.589 bits per heavy atom. The van der Waals surface area contributed by atoms with Crippen molar-refractivity contribution in [1.82, 2.24) is 52.5 Å². The largest absolute Gasteiger partial charge is 0.480 e. The van der Waals surface area contributed by atoms with E-state index in [2.05, 4.69) is 52.5 Å². The van der Waals surface area contributed by atoms with Crippen LogP contribution in [-0.2, 0) is 59.2 Å². The molecule has 412 valence electrons. The Bertz CT molecular complexity index is 2010. The summed E-state index contributed by atoms with van der Waals surface area (Å²) in [4.78, 5) is 152. The van der Waals surface area contributed by atoms with E-state index in [1.807, 2.05) is 0 Å². The molecule has 1 rings (SSSR count). The lowest BCUT2D eigenvalue weighted by molar-refractivity contribution is -0.144. The Balaban J connectivity index is 3.45. The summed E-state index contributed by atoms with van der Waals surface area (Å²) in [6.07, 6.45) is 3.07. The molecule has 0 aliphatic carbocycles. The van der Waals surface area contributed by atoms with Gasteiger partial charge >= 0.3 is 5.97 Å². The van der Waals surface area contributed by atoms with Crippen LogP contribution in [-0.4, -0.2) is 170 Å². The first-order valence-electron chi connectivity index (χ1n) is 23.9. The number of aliphatic hydroxyl groups is 2. The summed E-state index contributed by atoms with van der Waals surface area (Å²) in [6, 6.07) is -12.9. The van der Waals surface area contributed by atoms with Crippen molar-refractivity contribution in [3.63, 3.8) is 0 Å². The standard InChI is InChI=1S/C45H77N13O14S/c1-8-24(6)36(45(71)72)58-43(69)31(16-23(4)5)56-38(64)27(9-11-34(47)61)51-40(66)29(13-14-73-7)53-41(67)30(15-22(2)3)55-39(65)28(10-12-35(48)62)52-44(70)33(20-60)57-42(68)32(17-25-18-49-21-50-25)54-37(63)26(46)19-59/h18,21-24,26-33,36,59-60H,8-17,19-20,46H2,1-7H3,(H2,47,61)(H2,48,62)(H,49,50)(H,51,66)(H,52,70)(H,53,67)(H,54,63)(H,55,65)(H,56,64)(H,57,68)(H,58,69)(H,71,72)/t24-,26-,27-,28-,29-,30-,31-,32-,33-,36-/m0/s1. The maximum atomic E-state index is 14.1. The highest BCUT2D eigenvalue weighted by molar-refractivity contribution is 7.98. The van der Waals surface area contributed by atoms with Gasteiger partial charge in [-0.1, -0.05) is 48.0 Å². The number of nitrogens with zero attached hydrogens (tertiary/aromatic N) is 1. The molecule has 28 heteroatoms. The van der Waals surface area contributed by atoms with Gasteiger partial charge in [0.1, 0.15) is 54.4 Å². The number of carboxylic acid groups (broad SMARTS) is 1. The monoisotopic (exact) mass is 1060 g/mol. The number of hydrogen-bond donors (Lipinski definition) is 15. The van der Waals surface area contributed by atoms with E-state index in [4.69, 9.17) is 17.2 Å². The molecule has 0 saturated heterocycles. The van der Waals surface area contributed by atoms with E-state index in [0.29, 0.717) is 17.9 Å². The molecule has 0 aromatic carbocycles. The number of carbonyl (C=O) groups excluding carboxylic acids is 10. The van der Waals surface area contributed by atoms with E-state index in [1.165, 1.54) is 24.3 Å². The van der Waals surface area contributed by atoms with Crippen LogP contribution in [0.25, 0.3) is 0 Å². The van der Waals surface area contributed by atoms with Crippen LogP contribution in [0.15, 0.2) is 12.5 Å². The predicted molar refractivity (Wildman–Crippen MR) is 266 cm³/mol. The lowest BCUT2D eigenvalue weighted by atomic mass is 9.97. The van der Waals surface area contributed by atoms with Crippen molar-refractivity contribution in [3.05, 3.63) is 18.2 Å². The van der Waals surface area contributed by atoms with Gasteiger partial charge in [-0.25, -0.2) is 9.78 Å². The predicted octanol–water partition coefficient (Wildman–Crippen LogP) is -4.35. The van der Waals surface area contributed by atoms with Crippen LogP contribution >= 0.6 is 11.8 Å². The molecule has 0 aliphatic rings. The van der Waals surface area contributed by atoms with Crippen molar-refractivity contribution in [2.75, 3.05) is 25.2 Å². The number of rotatable bonds is 36. The lowest BCUT2D eigenvalue weighted by Gasteiger charge is -2.29. The zero-order valence-electron chi connectivity index (χ0n) is 42.5. The second-order valence-electron chi connectivity index (χ2n) is 18.4. The second kappa shape index (κ2) is 33.4. The van der Waals surface area contributed by atoms with Crippen molar-refractivity contribution in [3.8, 4) is 0 Å². The van der Waals surface area contributed by atoms with E-state index in [1.54, 1.807) is 47.8 Å². The molecule has 0 radical (unpaired) electrons. The molecule has 0 fully saturated rings. The number of carboxylic acids is 1. The van der Waals surface area contributed by atoms with Gasteiger partial charge in [0.05, 0.1) is 19.5 Å². The van der Waals surface area contributed by atoms with Crippen molar-refractivity contribution >= 4 is 76.8 Å². The molecule has 27 nitrogen and oxygen atoms in total. The highest BCUT2D eigenvalue weighted by Crippen LogP contribution is 2.13. The van der Waals surface area contributed by atoms with Gasteiger partial charge in [0, 0.05) is 31.2 Å². The summed E-state index contributed by atoms with van der Waals surface area (Å²) in [6.45, 7) is 8.62. The molecule has 1 aromatic rings. The van der Waals surface area contributed by atoms with Crippen LogP contribution in [0.1, 0.15) is 98.6 Å². The third kappa shape index (κ3) is 24.3. The van der Waals surface area contributed by atoms with Crippen molar-refractivity contribution in [1.29, 1.82) is 0 Å². The maximum absolute atomic E-state index is 14.1. The Hall–Kier alpha value is -6.39. The fraction of sp³-hybridized carbons (Fsp3) is 0.689. The van der Waals surface area contributed by atoms with Crippen molar-refractivity contribution < 1.29 is 68.1 Å². The number of imidazole rings is 1. The van der Waals surface area contributed by atoms with Gasteiger partial charge in [0.2, 0.25) is 59.1 Å². The number of amides is 10. The number of hydrogen-bond acceptors (Lipinski definition) is 16. The molecule has 1 heterocycles.